The Balaban J connectivity index is 2.06. The van der Waals surface area contributed by atoms with Gasteiger partial charge in [-0.15, -0.1) is 5.54 Å². The first-order valence-corrected chi connectivity index (χ1v) is 13.7. The Morgan fingerprint density at radius 3 is 2.37 bits per heavy atom. The smallest absolute Gasteiger partial charge is 0.155 e. The Hall–Kier alpha value is -1.58. The van der Waals surface area contributed by atoms with Gasteiger partial charge in [-0.3, -0.25) is 9.59 Å². The van der Waals surface area contributed by atoms with E-state index in [-0.39, 0.29) is 27.9 Å². The number of fused-ring (bicyclic) bond motifs is 3. The van der Waals surface area contributed by atoms with Crippen molar-refractivity contribution in [3.05, 3.63) is 11.6 Å². The zero-order valence-corrected chi connectivity index (χ0v) is 18.7. The van der Waals surface area contributed by atoms with Gasteiger partial charge in [-0.05, 0) is 60.5 Å². The summed E-state index contributed by atoms with van der Waals surface area (Å²) in [4.78, 5) is 24.9. The SMILES string of the molecule is CC1(C)C(=O)CC[C@]2(C)C3=CC(=O)CC[C@]3(C#CC#C[Si](C)(C)C)CC[C@@H]12. The van der Waals surface area contributed by atoms with E-state index in [9.17, 15) is 9.59 Å². The van der Waals surface area contributed by atoms with Gasteiger partial charge < -0.3 is 0 Å². The lowest BCUT2D eigenvalue weighted by molar-refractivity contribution is -0.141. The van der Waals surface area contributed by atoms with Crippen LogP contribution in [0.5, 0.6) is 0 Å². The number of carbonyl (C=O) groups excluding carboxylic acids is 2. The van der Waals surface area contributed by atoms with E-state index in [4.69, 9.17) is 0 Å². The Morgan fingerprint density at radius 2 is 1.70 bits per heavy atom. The minimum Gasteiger partial charge on any atom is -0.299 e. The minimum atomic E-state index is -1.44. The molecule has 2 nitrogen and oxygen atoms in total. The first kappa shape index (κ1) is 20.2. The molecule has 27 heavy (non-hydrogen) atoms. The van der Waals surface area contributed by atoms with Crippen molar-refractivity contribution >= 4 is 19.6 Å². The molecule has 2 saturated carbocycles. The Bertz CT molecular complexity index is 834. The van der Waals surface area contributed by atoms with Crippen LogP contribution in [0.15, 0.2) is 11.6 Å². The summed E-state index contributed by atoms with van der Waals surface area (Å²) in [5.41, 5.74) is 3.85. The molecule has 0 spiro atoms. The molecule has 0 aromatic carbocycles. The standard InChI is InChI=1S/C24H32O2Si/c1-22(2)19-10-15-24(12-7-8-16-27(4,5)6)14-9-18(25)17-20(24)23(19,3)13-11-21(22)26/h17,19H,9-11,13-15H2,1-6H3/t19-,23-,24+/m0/s1. The van der Waals surface area contributed by atoms with Gasteiger partial charge in [0.05, 0.1) is 5.41 Å². The van der Waals surface area contributed by atoms with Gasteiger partial charge >= 0.3 is 0 Å². The highest BCUT2D eigenvalue weighted by molar-refractivity contribution is 6.83. The molecular weight excluding hydrogens is 348 g/mol. The minimum absolute atomic E-state index is 0.118. The van der Waals surface area contributed by atoms with E-state index >= 15 is 0 Å². The first-order chi connectivity index (χ1) is 12.4. The number of hydrogen-bond acceptors (Lipinski definition) is 2. The lowest BCUT2D eigenvalue weighted by Crippen LogP contribution is -2.54. The maximum absolute atomic E-state index is 12.6. The molecule has 0 radical (unpaired) electrons. The molecule has 3 atom stereocenters. The van der Waals surface area contributed by atoms with Gasteiger partial charge in [0.15, 0.2) is 5.78 Å². The number of carbonyl (C=O) groups is 2. The third kappa shape index (κ3) is 3.48. The molecule has 0 unspecified atom stereocenters. The normalized spacial score (nSPS) is 34.9. The van der Waals surface area contributed by atoms with Gasteiger partial charge in [-0.2, -0.15) is 0 Å². The van der Waals surface area contributed by atoms with Gasteiger partial charge in [0.25, 0.3) is 0 Å². The molecule has 3 rings (SSSR count). The molecule has 144 valence electrons. The highest BCUT2D eigenvalue weighted by Gasteiger charge is 2.59. The van der Waals surface area contributed by atoms with Crippen LogP contribution < -0.4 is 0 Å². The summed E-state index contributed by atoms with van der Waals surface area (Å²) in [7, 11) is -1.44. The van der Waals surface area contributed by atoms with E-state index in [0.717, 1.165) is 25.7 Å². The summed E-state index contributed by atoms with van der Waals surface area (Å²) in [6.45, 7) is 13.1. The van der Waals surface area contributed by atoms with E-state index in [1.807, 2.05) is 6.08 Å². The molecule has 0 amide bonds. The Morgan fingerprint density at radius 1 is 1.00 bits per heavy atom. The zero-order valence-electron chi connectivity index (χ0n) is 17.7. The maximum atomic E-state index is 12.6. The lowest BCUT2D eigenvalue weighted by atomic mass is 9.44. The zero-order chi connectivity index (χ0) is 20.1. The second-order valence-corrected chi connectivity index (χ2v) is 15.3. The van der Waals surface area contributed by atoms with Crippen LogP contribution in [0.25, 0.3) is 0 Å². The van der Waals surface area contributed by atoms with Crippen LogP contribution in [0.2, 0.25) is 19.6 Å². The van der Waals surface area contributed by atoms with Gasteiger partial charge in [-0.1, -0.05) is 46.3 Å². The van der Waals surface area contributed by atoms with Crippen molar-refractivity contribution < 1.29 is 9.59 Å². The summed E-state index contributed by atoms with van der Waals surface area (Å²) in [6.07, 6.45) is 6.63. The van der Waals surface area contributed by atoms with Gasteiger partial charge in [0.1, 0.15) is 13.9 Å². The monoisotopic (exact) mass is 380 g/mol. The average Bonchev–Trinajstić information content (AvgIpc) is 2.56. The van der Waals surface area contributed by atoms with Crippen LogP contribution in [-0.4, -0.2) is 19.6 Å². The molecule has 0 bridgehead atoms. The molecule has 0 aromatic rings. The molecule has 0 aromatic heterocycles. The van der Waals surface area contributed by atoms with E-state index < -0.39 is 8.07 Å². The van der Waals surface area contributed by atoms with Crippen LogP contribution in [0.3, 0.4) is 0 Å². The van der Waals surface area contributed by atoms with Crippen molar-refractivity contribution in [2.75, 3.05) is 0 Å². The van der Waals surface area contributed by atoms with Crippen LogP contribution in [0, 0.1) is 45.5 Å². The summed E-state index contributed by atoms with van der Waals surface area (Å²) >= 11 is 0. The highest BCUT2D eigenvalue weighted by Crippen LogP contribution is 2.64. The van der Waals surface area contributed by atoms with Crippen molar-refractivity contribution in [2.24, 2.45) is 22.2 Å². The lowest BCUT2D eigenvalue weighted by Gasteiger charge is -2.59. The predicted molar refractivity (Wildman–Crippen MR) is 113 cm³/mol. The van der Waals surface area contributed by atoms with E-state index in [0.29, 0.717) is 18.6 Å². The van der Waals surface area contributed by atoms with Gasteiger partial charge in [0.2, 0.25) is 0 Å². The molecule has 0 N–H and O–H groups in total. The van der Waals surface area contributed by atoms with Crippen LogP contribution >= 0.6 is 0 Å². The second kappa shape index (κ2) is 6.49. The average molecular weight is 381 g/mol. The van der Waals surface area contributed by atoms with Crippen LogP contribution in [-0.2, 0) is 9.59 Å². The number of rotatable bonds is 0. The van der Waals surface area contributed by atoms with Crippen LogP contribution in [0.4, 0.5) is 0 Å². The Labute approximate surface area is 165 Å². The van der Waals surface area contributed by atoms with Gasteiger partial charge in [-0.25, -0.2) is 0 Å². The quantitative estimate of drug-likeness (QED) is 0.440. The number of Topliss-reactive ketones (excluding diaryl/α,β-unsaturated/α-hetero) is 1. The van der Waals surface area contributed by atoms with Crippen molar-refractivity contribution in [2.45, 2.75) is 78.9 Å². The predicted octanol–water partition coefficient (Wildman–Crippen LogP) is 4.95. The van der Waals surface area contributed by atoms with Crippen molar-refractivity contribution in [3.8, 4) is 23.3 Å². The number of allylic oxidation sites excluding steroid dienone is 2. The first-order valence-electron chi connectivity index (χ1n) is 10.2. The van der Waals surface area contributed by atoms with Crippen molar-refractivity contribution in [3.63, 3.8) is 0 Å². The fourth-order valence-corrected chi connectivity index (χ4v) is 6.07. The van der Waals surface area contributed by atoms with Gasteiger partial charge in [0, 0.05) is 18.3 Å². The highest BCUT2D eigenvalue weighted by atomic mass is 28.3. The molecule has 3 heteroatoms. The topological polar surface area (TPSA) is 34.1 Å². The maximum Gasteiger partial charge on any atom is 0.155 e. The molecule has 0 saturated heterocycles. The third-order valence-electron chi connectivity index (χ3n) is 7.13. The third-order valence-corrected chi connectivity index (χ3v) is 8.00. The number of hydrogen-bond donors (Lipinski definition) is 0. The van der Waals surface area contributed by atoms with Crippen molar-refractivity contribution in [1.82, 2.24) is 0 Å². The van der Waals surface area contributed by atoms with Crippen LogP contribution in [0.1, 0.15) is 59.3 Å². The summed E-state index contributed by atoms with van der Waals surface area (Å²) < 4.78 is 0. The van der Waals surface area contributed by atoms with E-state index in [1.165, 1.54) is 5.57 Å². The molecular formula is C24H32O2Si. The van der Waals surface area contributed by atoms with Crippen molar-refractivity contribution in [1.29, 1.82) is 0 Å². The number of ketones is 2. The van der Waals surface area contributed by atoms with E-state index in [2.05, 4.69) is 63.7 Å². The molecule has 3 aliphatic carbocycles. The summed E-state index contributed by atoms with van der Waals surface area (Å²) in [5, 5.41) is 0. The van der Waals surface area contributed by atoms with E-state index in [1.54, 1.807) is 0 Å². The summed E-state index contributed by atoms with van der Waals surface area (Å²) in [6, 6.07) is 0. The largest absolute Gasteiger partial charge is 0.299 e. The second-order valence-electron chi connectivity index (χ2n) is 10.5. The fraction of sp³-hybridized carbons (Fsp3) is 0.667. The summed E-state index contributed by atoms with van der Waals surface area (Å²) in [5.74, 6) is 10.7. The molecule has 0 heterocycles. The molecule has 0 aliphatic heterocycles. The fourth-order valence-electron chi connectivity index (χ4n) is 5.63. The molecule has 3 aliphatic rings. The Kier molecular flexibility index (Phi) is 4.85. The molecule has 2 fully saturated rings.